The van der Waals surface area contributed by atoms with Crippen molar-refractivity contribution in [3.63, 3.8) is 0 Å². The van der Waals surface area contributed by atoms with E-state index in [1.54, 1.807) is 47.6 Å². The molecule has 0 bridgehead atoms. The molecule has 0 aromatic rings. The number of ether oxygens (including phenoxy) is 2. The van der Waals surface area contributed by atoms with Crippen LogP contribution in [-0.2, 0) is 9.47 Å². The third-order valence-electron chi connectivity index (χ3n) is 9.05. The zero-order chi connectivity index (χ0) is 42.5. The molecule has 0 fully saturated rings. The first-order chi connectivity index (χ1) is 26.6. The Morgan fingerprint density at radius 1 is 0.571 bits per heavy atom. The van der Waals surface area contributed by atoms with E-state index in [1.165, 1.54) is 122 Å². The van der Waals surface area contributed by atoms with E-state index in [4.69, 9.17) is 9.47 Å². The standard InChI is InChI=1S/C23H45NO4.C23H43NO4/c2*1-5-6-7-8-9-10-11-12-13-14-15-16-17-18-21(26)20(19-25)24-22(27)28-23(2,3)4/h17-18,20-21,25-26H,5-16,19H2,1-4H3,(H,24,27);20-21,25-26H,5-16,19H2,1-4H3,(H,24,27)/b18-17+;/t2*20?,21-/m11/s1. The number of allylic oxidation sites excluding steroid dienone is 1. The van der Waals surface area contributed by atoms with Crippen LogP contribution in [0.5, 0.6) is 0 Å². The van der Waals surface area contributed by atoms with Crippen molar-refractivity contribution in [2.75, 3.05) is 13.2 Å². The molecule has 330 valence electrons. The van der Waals surface area contributed by atoms with Crippen LogP contribution in [0, 0.1) is 11.8 Å². The predicted molar refractivity (Wildman–Crippen MR) is 232 cm³/mol. The fourth-order valence-electron chi connectivity index (χ4n) is 5.83. The van der Waals surface area contributed by atoms with Gasteiger partial charge in [-0.2, -0.15) is 0 Å². The highest BCUT2D eigenvalue weighted by atomic mass is 16.6. The summed E-state index contributed by atoms with van der Waals surface area (Å²) < 4.78 is 10.3. The van der Waals surface area contributed by atoms with Gasteiger partial charge < -0.3 is 40.5 Å². The minimum atomic E-state index is -1.11. The van der Waals surface area contributed by atoms with E-state index >= 15 is 0 Å². The average molecular weight is 797 g/mol. The first-order valence-corrected chi connectivity index (χ1v) is 22.3. The maximum absolute atomic E-state index is 11.7. The molecule has 6 N–H and O–H groups in total. The van der Waals surface area contributed by atoms with Crippen LogP contribution < -0.4 is 10.6 Å². The minimum Gasteiger partial charge on any atom is -0.444 e. The Bertz CT molecular complexity index is 1010. The van der Waals surface area contributed by atoms with Gasteiger partial charge in [0.2, 0.25) is 0 Å². The topological polar surface area (TPSA) is 158 Å². The summed E-state index contributed by atoms with van der Waals surface area (Å²) in [4.78, 5) is 23.5. The van der Waals surface area contributed by atoms with E-state index in [2.05, 4.69) is 36.3 Å². The Hall–Kier alpha value is -2.32. The molecule has 0 aliphatic heterocycles. The number of carbonyl (C=O) groups excluding carboxylic acids is 2. The number of carbonyl (C=O) groups is 2. The van der Waals surface area contributed by atoms with Gasteiger partial charge in [-0.15, -0.1) is 5.92 Å². The Kier molecular flexibility index (Phi) is 36.8. The monoisotopic (exact) mass is 797 g/mol. The fourth-order valence-corrected chi connectivity index (χ4v) is 5.83. The van der Waals surface area contributed by atoms with E-state index in [1.807, 2.05) is 6.08 Å². The van der Waals surface area contributed by atoms with Gasteiger partial charge in [0.05, 0.1) is 31.4 Å². The lowest BCUT2D eigenvalue weighted by Gasteiger charge is -2.24. The maximum atomic E-state index is 11.7. The smallest absolute Gasteiger partial charge is 0.408 e. The number of amides is 2. The first-order valence-electron chi connectivity index (χ1n) is 22.3. The van der Waals surface area contributed by atoms with Gasteiger partial charge in [0.15, 0.2) is 0 Å². The third kappa shape index (κ3) is 39.9. The zero-order valence-corrected chi connectivity index (χ0v) is 37.3. The molecule has 0 saturated heterocycles. The second-order valence-electron chi connectivity index (χ2n) is 17.2. The quantitative estimate of drug-likeness (QED) is 0.0238. The highest BCUT2D eigenvalue weighted by molar-refractivity contribution is 5.68. The molecule has 10 heteroatoms. The zero-order valence-electron chi connectivity index (χ0n) is 37.3. The van der Waals surface area contributed by atoms with E-state index in [9.17, 15) is 30.0 Å². The Labute approximate surface area is 343 Å². The molecule has 0 aliphatic rings. The van der Waals surface area contributed by atoms with Crippen LogP contribution in [0.4, 0.5) is 9.59 Å². The average Bonchev–Trinajstić information content (AvgIpc) is 3.12. The van der Waals surface area contributed by atoms with Crippen LogP contribution in [0.1, 0.15) is 209 Å². The van der Waals surface area contributed by atoms with Crippen molar-refractivity contribution in [3.8, 4) is 11.8 Å². The van der Waals surface area contributed by atoms with Crippen LogP contribution in [0.15, 0.2) is 12.2 Å². The summed E-state index contributed by atoms with van der Waals surface area (Å²) in [6.45, 7) is 14.3. The first kappa shape index (κ1) is 55.8. The van der Waals surface area contributed by atoms with Gasteiger partial charge in [-0.3, -0.25) is 0 Å². The van der Waals surface area contributed by atoms with E-state index in [-0.39, 0.29) is 6.61 Å². The van der Waals surface area contributed by atoms with Gasteiger partial charge in [0, 0.05) is 6.42 Å². The van der Waals surface area contributed by atoms with Crippen LogP contribution in [0.3, 0.4) is 0 Å². The molecule has 2 amide bonds. The number of alkyl carbamates (subject to hydrolysis) is 2. The molecule has 0 saturated carbocycles. The van der Waals surface area contributed by atoms with Crippen molar-refractivity contribution >= 4 is 12.2 Å². The van der Waals surface area contributed by atoms with Gasteiger partial charge in [-0.25, -0.2) is 9.59 Å². The van der Waals surface area contributed by atoms with Crippen molar-refractivity contribution in [3.05, 3.63) is 12.2 Å². The molecule has 0 aliphatic carbocycles. The Balaban J connectivity index is 0. The van der Waals surface area contributed by atoms with E-state index in [0.29, 0.717) is 0 Å². The van der Waals surface area contributed by atoms with Crippen molar-refractivity contribution in [2.45, 2.75) is 245 Å². The summed E-state index contributed by atoms with van der Waals surface area (Å²) in [5, 5.41) is 43.8. The summed E-state index contributed by atoms with van der Waals surface area (Å²) >= 11 is 0. The molecule has 0 aromatic heterocycles. The van der Waals surface area contributed by atoms with E-state index in [0.717, 1.165) is 32.1 Å². The van der Waals surface area contributed by atoms with Crippen LogP contribution in [-0.4, -0.2) is 81.3 Å². The van der Waals surface area contributed by atoms with Crippen molar-refractivity contribution in [1.82, 2.24) is 10.6 Å². The van der Waals surface area contributed by atoms with Gasteiger partial charge in [-0.1, -0.05) is 160 Å². The summed E-state index contributed by atoms with van der Waals surface area (Å²) in [6.07, 6.45) is 30.5. The molecule has 0 rings (SSSR count). The number of aliphatic hydroxyl groups excluding tert-OH is 4. The maximum Gasteiger partial charge on any atom is 0.408 e. The highest BCUT2D eigenvalue weighted by Crippen LogP contribution is 2.14. The summed E-state index contributed by atoms with van der Waals surface area (Å²) in [5.41, 5.74) is -1.24. The van der Waals surface area contributed by atoms with Crippen molar-refractivity contribution < 1.29 is 39.5 Å². The van der Waals surface area contributed by atoms with Crippen LogP contribution in [0.25, 0.3) is 0 Å². The molecule has 0 aromatic carbocycles. The largest absolute Gasteiger partial charge is 0.444 e. The summed E-state index contributed by atoms with van der Waals surface area (Å²) in [7, 11) is 0. The fraction of sp³-hybridized carbons (Fsp3) is 0.870. The van der Waals surface area contributed by atoms with Crippen LogP contribution in [0.2, 0.25) is 0 Å². The molecule has 0 heterocycles. The number of unbranched alkanes of at least 4 members (excludes halogenated alkanes) is 22. The second kappa shape index (κ2) is 37.0. The minimum absolute atomic E-state index is 0.344. The Morgan fingerprint density at radius 2 is 0.929 bits per heavy atom. The molecular weight excluding hydrogens is 709 g/mol. The lowest BCUT2D eigenvalue weighted by molar-refractivity contribution is 0.0401. The molecule has 10 nitrogen and oxygen atoms in total. The molecular formula is C46H88N2O8. The number of rotatable bonds is 30. The van der Waals surface area contributed by atoms with Gasteiger partial charge in [0.25, 0.3) is 0 Å². The summed E-state index contributed by atoms with van der Waals surface area (Å²) in [5.74, 6) is 5.66. The molecule has 2 unspecified atom stereocenters. The Morgan fingerprint density at radius 3 is 1.30 bits per heavy atom. The molecule has 4 atom stereocenters. The van der Waals surface area contributed by atoms with Gasteiger partial charge in [-0.05, 0) is 60.8 Å². The number of hydrogen-bond acceptors (Lipinski definition) is 8. The summed E-state index contributed by atoms with van der Waals surface area (Å²) in [6, 6.07) is -1.61. The normalized spacial score (nSPS) is 13.8. The SMILES string of the molecule is CCCCCCCCCCCCC/C=C/[C@@H](O)C(CO)NC(=O)OC(C)(C)C.CCCCCCCCCCCCCC#C[C@@H](O)C(CO)NC(=O)OC(C)(C)C. The highest BCUT2D eigenvalue weighted by Gasteiger charge is 2.24. The molecule has 0 spiro atoms. The van der Waals surface area contributed by atoms with Crippen LogP contribution >= 0.6 is 0 Å². The molecule has 0 radical (unpaired) electrons. The third-order valence-corrected chi connectivity index (χ3v) is 9.05. The molecule has 56 heavy (non-hydrogen) atoms. The lowest BCUT2D eigenvalue weighted by atomic mass is 10.0. The van der Waals surface area contributed by atoms with Crippen molar-refractivity contribution in [2.24, 2.45) is 0 Å². The van der Waals surface area contributed by atoms with Gasteiger partial charge >= 0.3 is 12.2 Å². The number of hydrogen-bond donors (Lipinski definition) is 6. The number of aliphatic hydroxyl groups is 4. The van der Waals surface area contributed by atoms with Crippen molar-refractivity contribution in [1.29, 1.82) is 0 Å². The lowest BCUT2D eigenvalue weighted by Crippen LogP contribution is -2.47. The van der Waals surface area contributed by atoms with E-state index < -0.39 is 54.3 Å². The second-order valence-corrected chi connectivity index (χ2v) is 17.2. The predicted octanol–water partition coefficient (Wildman–Crippen LogP) is 10.4. The number of nitrogens with one attached hydrogen (secondary N) is 2. The van der Waals surface area contributed by atoms with Gasteiger partial charge in [0.1, 0.15) is 17.3 Å².